The molecule has 2 rings (SSSR count). The molecule has 0 aliphatic carbocycles. The third-order valence-corrected chi connectivity index (χ3v) is 2.15. The lowest BCUT2D eigenvalue weighted by Gasteiger charge is -2.12. The van der Waals surface area contributed by atoms with Crippen LogP contribution in [0.3, 0.4) is 0 Å². The number of carbonyl (C=O) groups is 1. The first kappa shape index (κ1) is 12.2. The molecule has 1 aromatic heterocycles. The standard InChI is InChI=1S/C11H7F3N2O2/c12-11(13,14)7-3-1-2-4-8(7)15-10(17)9-5-6-18-16-9/h1-6H,(H,15,17). The highest BCUT2D eigenvalue weighted by molar-refractivity contribution is 6.03. The van der Waals surface area contributed by atoms with E-state index in [1.807, 2.05) is 0 Å². The Hall–Kier alpha value is -2.31. The van der Waals surface area contributed by atoms with Gasteiger partial charge in [0, 0.05) is 6.07 Å². The minimum atomic E-state index is -4.53. The zero-order valence-corrected chi connectivity index (χ0v) is 8.86. The molecular weight excluding hydrogens is 249 g/mol. The fraction of sp³-hybridized carbons (Fsp3) is 0.0909. The minimum absolute atomic E-state index is 0.0908. The molecule has 2 aromatic rings. The zero-order chi connectivity index (χ0) is 13.2. The molecule has 18 heavy (non-hydrogen) atoms. The summed E-state index contributed by atoms with van der Waals surface area (Å²) in [6.45, 7) is 0. The van der Waals surface area contributed by atoms with Gasteiger partial charge in [-0.05, 0) is 12.1 Å². The molecule has 1 heterocycles. The van der Waals surface area contributed by atoms with Crippen molar-refractivity contribution >= 4 is 11.6 Å². The summed E-state index contributed by atoms with van der Waals surface area (Å²) in [5.74, 6) is -0.763. The second kappa shape index (κ2) is 4.52. The normalized spacial score (nSPS) is 11.3. The van der Waals surface area contributed by atoms with Gasteiger partial charge in [-0.3, -0.25) is 4.79 Å². The SMILES string of the molecule is O=C(Nc1ccccc1C(F)(F)F)c1ccon1. The van der Waals surface area contributed by atoms with E-state index in [4.69, 9.17) is 0 Å². The third-order valence-electron chi connectivity index (χ3n) is 2.15. The van der Waals surface area contributed by atoms with Crippen molar-refractivity contribution in [2.24, 2.45) is 0 Å². The van der Waals surface area contributed by atoms with Gasteiger partial charge in [0.1, 0.15) is 6.26 Å². The van der Waals surface area contributed by atoms with Crippen molar-refractivity contribution in [3.8, 4) is 0 Å². The predicted octanol–water partition coefficient (Wildman–Crippen LogP) is 2.95. The number of carbonyl (C=O) groups excluding carboxylic acids is 1. The number of para-hydroxylation sites is 1. The van der Waals surface area contributed by atoms with Gasteiger partial charge in [-0.1, -0.05) is 17.3 Å². The van der Waals surface area contributed by atoms with Crippen LogP contribution in [0.5, 0.6) is 0 Å². The Morgan fingerprint density at radius 2 is 1.94 bits per heavy atom. The van der Waals surface area contributed by atoms with Crippen LogP contribution < -0.4 is 5.32 Å². The quantitative estimate of drug-likeness (QED) is 0.898. The van der Waals surface area contributed by atoms with Crippen LogP contribution in [0.2, 0.25) is 0 Å². The lowest BCUT2D eigenvalue weighted by molar-refractivity contribution is -0.136. The van der Waals surface area contributed by atoms with Crippen LogP contribution in [0.4, 0.5) is 18.9 Å². The Kier molecular flexibility index (Phi) is 3.05. The van der Waals surface area contributed by atoms with E-state index in [0.29, 0.717) is 0 Å². The second-order valence-electron chi connectivity index (χ2n) is 3.38. The number of nitrogens with one attached hydrogen (secondary N) is 1. The van der Waals surface area contributed by atoms with Gasteiger partial charge in [-0.25, -0.2) is 0 Å². The first-order chi connectivity index (χ1) is 8.48. The molecule has 94 valence electrons. The molecule has 0 unspecified atom stereocenters. The van der Waals surface area contributed by atoms with E-state index in [1.54, 1.807) is 0 Å². The van der Waals surface area contributed by atoms with Gasteiger partial charge in [0.15, 0.2) is 5.69 Å². The van der Waals surface area contributed by atoms with Crippen molar-refractivity contribution in [3.05, 3.63) is 47.9 Å². The maximum atomic E-state index is 12.7. The molecule has 0 fully saturated rings. The summed E-state index contributed by atoms with van der Waals surface area (Å²) < 4.78 is 42.4. The molecule has 0 saturated carbocycles. The molecular formula is C11H7F3N2O2. The molecule has 1 amide bonds. The summed E-state index contributed by atoms with van der Waals surface area (Å²) in [7, 11) is 0. The van der Waals surface area contributed by atoms with Crippen molar-refractivity contribution in [3.63, 3.8) is 0 Å². The van der Waals surface area contributed by atoms with Crippen LogP contribution >= 0.6 is 0 Å². The summed E-state index contributed by atoms with van der Waals surface area (Å²) in [6.07, 6.45) is -3.38. The van der Waals surface area contributed by atoms with Crippen molar-refractivity contribution in [1.29, 1.82) is 0 Å². The van der Waals surface area contributed by atoms with Crippen molar-refractivity contribution in [2.75, 3.05) is 5.32 Å². The van der Waals surface area contributed by atoms with E-state index in [-0.39, 0.29) is 11.4 Å². The number of halogens is 3. The highest BCUT2D eigenvalue weighted by atomic mass is 19.4. The van der Waals surface area contributed by atoms with Crippen LogP contribution in [-0.2, 0) is 6.18 Å². The smallest absolute Gasteiger partial charge is 0.364 e. The number of anilines is 1. The summed E-state index contributed by atoms with van der Waals surface area (Å²) in [6, 6.07) is 5.95. The first-order valence-corrected chi connectivity index (χ1v) is 4.86. The monoisotopic (exact) mass is 256 g/mol. The molecule has 7 heteroatoms. The second-order valence-corrected chi connectivity index (χ2v) is 3.38. The maximum absolute atomic E-state index is 12.7. The number of benzene rings is 1. The first-order valence-electron chi connectivity index (χ1n) is 4.86. The average molecular weight is 256 g/mol. The van der Waals surface area contributed by atoms with Crippen LogP contribution in [0.15, 0.2) is 41.1 Å². The largest absolute Gasteiger partial charge is 0.418 e. The van der Waals surface area contributed by atoms with Gasteiger partial charge >= 0.3 is 6.18 Å². The van der Waals surface area contributed by atoms with E-state index in [1.165, 1.54) is 24.3 Å². The molecule has 1 aromatic carbocycles. The highest BCUT2D eigenvalue weighted by Gasteiger charge is 2.33. The van der Waals surface area contributed by atoms with Gasteiger partial charge in [-0.15, -0.1) is 0 Å². The van der Waals surface area contributed by atoms with Crippen molar-refractivity contribution in [1.82, 2.24) is 5.16 Å². The molecule has 0 aliphatic rings. The Bertz CT molecular complexity index is 550. The van der Waals surface area contributed by atoms with Gasteiger partial charge in [0.2, 0.25) is 0 Å². The van der Waals surface area contributed by atoms with E-state index in [0.717, 1.165) is 12.3 Å². The topological polar surface area (TPSA) is 55.1 Å². The average Bonchev–Trinajstić information content (AvgIpc) is 2.81. The van der Waals surface area contributed by atoms with Gasteiger partial charge in [0.05, 0.1) is 11.3 Å². The van der Waals surface area contributed by atoms with Crippen LogP contribution in [0, 0.1) is 0 Å². The minimum Gasteiger partial charge on any atom is -0.364 e. The molecule has 4 nitrogen and oxygen atoms in total. The van der Waals surface area contributed by atoms with E-state index >= 15 is 0 Å². The Morgan fingerprint density at radius 3 is 2.56 bits per heavy atom. The number of aromatic nitrogens is 1. The molecule has 0 atom stereocenters. The molecule has 0 saturated heterocycles. The Labute approximate surface area is 99.4 Å². The Balaban J connectivity index is 2.27. The number of hydrogen-bond acceptors (Lipinski definition) is 3. The summed E-state index contributed by atoms with van der Waals surface area (Å²) >= 11 is 0. The highest BCUT2D eigenvalue weighted by Crippen LogP contribution is 2.34. The number of hydrogen-bond donors (Lipinski definition) is 1. The third kappa shape index (κ3) is 2.50. The fourth-order valence-electron chi connectivity index (χ4n) is 1.36. The number of alkyl halides is 3. The molecule has 0 bridgehead atoms. The number of rotatable bonds is 2. The molecule has 0 spiro atoms. The summed E-state index contributed by atoms with van der Waals surface area (Å²) in [4.78, 5) is 11.6. The number of amides is 1. The van der Waals surface area contributed by atoms with Crippen LogP contribution in [0.1, 0.15) is 16.1 Å². The van der Waals surface area contributed by atoms with Gasteiger partial charge < -0.3 is 9.84 Å². The van der Waals surface area contributed by atoms with Gasteiger partial charge in [0.25, 0.3) is 5.91 Å². The molecule has 0 radical (unpaired) electrons. The van der Waals surface area contributed by atoms with E-state index in [9.17, 15) is 18.0 Å². The van der Waals surface area contributed by atoms with E-state index < -0.39 is 17.6 Å². The molecule has 0 aliphatic heterocycles. The fourth-order valence-corrected chi connectivity index (χ4v) is 1.36. The summed E-state index contributed by atoms with van der Waals surface area (Å²) in [5, 5.41) is 5.47. The van der Waals surface area contributed by atoms with Crippen LogP contribution in [-0.4, -0.2) is 11.1 Å². The number of nitrogens with zero attached hydrogens (tertiary/aromatic N) is 1. The lowest BCUT2D eigenvalue weighted by atomic mass is 10.1. The predicted molar refractivity (Wildman–Crippen MR) is 55.9 cm³/mol. The van der Waals surface area contributed by atoms with Crippen LogP contribution in [0.25, 0.3) is 0 Å². The Morgan fingerprint density at radius 1 is 1.22 bits per heavy atom. The van der Waals surface area contributed by atoms with Crippen molar-refractivity contribution in [2.45, 2.75) is 6.18 Å². The van der Waals surface area contributed by atoms with Gasteiger partial charge in [-0.2, -0.15) is 13.2 Å². The zero-order valence-electron chi connectivity index (χ0n) is 8.86. The van der Waals surface area contributed by atoms with Crippen molar-refractivity contribution < 1.29 is 22.5 Å². The molecule has 1 N–H and O–H groups in total. The van der Waals surface area contributed by atoms with E-state index in [2.05, 4.69) is 15.0 Å². The summed E-state index contributed by atoms with van der Waals surface area (Å²) in [5.41, 5.74) is -1.33. The lowest BCUT2D eigenvalue weighted by Crippen LogP contribution is -2.16. The maximum Gasteiger partial charge on any atom is 0.418 e.